The van der Waals surface area contributed by atoms with E-state index in [1.54, 1.807) is 36.4 Å². The lowest BCUT2D eigenvalue weighted by Gasteiger charge is -2.28. The number of carbonyl (C=O) groups excluding carboxylic acids is 3. The van der Waals surface area contributed by atoms with E-state index in [1.165, 1.54) is 32.4 Å². The smallest absolute Gasteiger partial charge is 0.336 e. The number of barbiturate groups is 1. The number of nitrogens with one attached hydrogen (secondary N) is 1. The molecule has 4 amide bonds. The van der Waals surface area contributed by atoms with E-state index in [0.29, 0.717) is 16.3 Å². The SMILES string of the molecule is COc1cc(N2C(=O)NC(=O)/C(=C\c3ccccc3OCc3cccc(Cl)c3)C2=O)c(OC)cc1Cl. The second kappa shape index (κ2) is 10.7. The van der Waals surface area contributed by atoms with Crippen LogP contribution < -0.4 is 24.4 Å². The van der Waals surface area contributed by atoms with Crippen LogP contribution in [0.5, 0.6) is 17.2 Å². The number of amides is 4. The molecule has 1 saturated heterocycles. The number of rotatable bonds is 7. The van der Waals surface area contributed by atoms with Gasteiger partial charge in [-0.1, -0.05) is 53.5 Å². The van der Waals surface area contributed by atoms with Crippen molar-refractivity contribution in [2.24, 2.45) is 0 Å². The quantitative estimate of drug-likeness (QED) is 0.333. The number of carbonyl (C=O) groups is 3. The van der Waals surface area contributed by atoms with Crippen molar-refractivity contribution < 1.29 is 28.6 Å². The molecule has 1 heterocycles. The number of hydrogen-bond acceptors (Lipinski definition) is 6. The lowest BCUT2D eigenvalue weighted by atomic mass is 10.1. The minimum atomic E-state index is -0.935. The van der Waals surface area contributed by atoms with Crippen molar-refractivity contribution in [1.82, 2.24) is 5.32 Å². The topological polar surface area (TPSA) is 94.2 Å². The van der Waals surface area contributed by atoms with Crippen molar-refractivity contribution >= 4 is 52.8 Å². The first kappa shape index (κ1) is 25.1. The van der Waals surface area contributed by atoms with E-state index < -0.39 is 17.8 Å². The minimum absolute atomic E-state index is 0.0603. The first-order valence-electron chi connectivity index (χ1n) is 10.6. The van der Waals surface area contributed by atoms with Gasteiger partial charge >= 0.3 is 6.03 Å². The Kier molecular flexibility index (Phi) is 7.47. The Labute approximate surface area is 217 Å². The van der Waals surface area contributed by atoms with Crippen LogP contribution in [0.15, 0.2) is 66.2 Å². The predicted molar refractivity (Wildman–Crippen MR) is 136 cm³/mol. The largest absolute Gasteiger partial charge is 0.495 e. The number of nitrogens with zero attached hydrogens (tertiary/aromatic N) is 1. The molecule has 0 aromatic heterocycles. The van der Waals surface area contributed by atoms with Crippen LogP contribution in [0.2, 0.25) is 10.0 Å². The lowest BCUT2D eigenvalue weighted by molar-refractivity contribution is -0.122. The van der Waals surface area contributed by atoms with Gasteiger partial charge in [0, 0.05) is 22.7 Å². The molecule has 0 radical (unpaired) electrons. The summed E-state index contributed by atoms with van der Waals surface area (Å²) in [5, 5.41) is 2.99. The molecule has 1 N–H and O–H groups in total. The normalized spacial score (nSPS) is 14.6. The van der Waals surface area contributed by atoms with Crippen LogP contribution in [-0.4, -0.2) is 32.1 Å². The third-order valence-corrected chi connectivity index (χ3v) is 5.83. The summed E-state index contributed by atoms with van der Waals surface area (Å²) in [6.07, 6.45) is 1.37. The van der Waals surface area contributed by atoms with Crippen LogP contribution in [0, 0.1) is 0 Å². The molecule has 3 aromatic rings. The molecule has 3 aromatic carbocycles. The van der Waals surface area contributed by atoms with Crippen LogP contribution in [-0.2, 0) is 16.2 Å². The summed E-state index contributed by atoms with van der Waals surface area (Å²) in [7, 11) is 2.76. The summed E-state index contributed by atoms with van der Waals surface area (Å²) in [5.41, 5.74) is 1.10. The van der Waals surface area contributed by atoms with Crippen molar-refractivity contribution in [3.05, 3.63) is 87.4 Å². The number of ether oxygens (including phenoxy) is 3. The first-order chi connectivity index (χ1) is 17.3. The van der Waals surface area contributed by atoms with E-state index in [9.17, 15) is 14.4 Å². The maximum absolute atomic E-state index is 13.4. The van der Waals surface area contributed by atoms with Gasteiger partial charge in [0.15, 0.2) is 0 Å². The number of halogens is 2. The molecule has 4 rings (SSSR count). The Hall–Kier alpha value is -4.01. The fourth-order valence-corrected chi connectivity index (χ4v) is 4.01. The molecule has 1 aliphatic rings. The van der Waals surface area contributed by atoms with Crippen molar-refractivity contribution in [2.45, 2.75) is 6.61 Å². The molecule has 184 valence electrons. The Morgan fingerprint density at radius 3 is 2.36 bits per heavy atom. The van der Waals surface area contributed by atoms with Gasteiger partial charge in [0.2, 0.25) is 0 Å². The Bertz CT molecular complexity index is 1390. The maximum Gasteiger partial charge on any atom is 0.336 e. The molecular formula is C26H20Cl2N2O6. The summed E-state index contributed by atoms with van der Waals surface area (Å²) < 4.78 is 16.4. The average molecular weight is 527 g/mol. The molecule has 1 fully saturated rings. The molecule has 0 saturated carbocycles. The second-order valence-electron chi connectivity index (χ2n) is 7.57. The number of benzene rings is 3. The number of hydrogen-bond donors (Lipinski definition) is 1. The molecule has 1 aliphatic heterocycles. The van der Waals surface area contributed by atoms with E-state index in [-0.39, 0.29) is 34.4 Å². The number of urea groups is 1. The van der Waals surface area contributed by atoms with Gasteiger partial charge in [-0.15, -0.1) is 0 Å². The van der Waals surface area contributed by atoms with E-state index >= 15 is 0 Å². The first-order valence-corrected chi connectivity index (χ1v) is 11.4. The Morgan fingerprint density at radius 1 is 0.889 bits per heavy atom. The molecule has 36 heavy (non-hydrogen) atoms. The highest BCUT2D eigenvalue weighted by atomic mass is 35.5. The number of imide groups is 2. The van der Waals surface area contributed by atoms with Crippen LogP contribution in [0.25, 0.3) is 6.08 Å². The van der Waals surface area contributed by atoms with Gasteiger partial charge in [0.1, 0.15) is 29.4 Å². The molecule has 0 unspecified atom stereocenters. The van der Waals surface area contributed by atoms with Crippen LogP contribution >= 0.6 is 23.2 Å². The molecule has 0 atom stereocenters. The lowest BCUT2D eigenvalue weighted by Crippen LogP contribution is -2.54. The molecule has 0 aliphatic carbocycles. The standard InChI is InChI=1S/C26H20Cl2N2O6/c1-34-22-13-20(23(35-2)12-19(22)28)30-25(32)18(24(31)29-26(30)33)11-16-7-3-4-9-21(16)36-14-15-6-5-8-17(27)10-15/h3-13H,14H2,1-2H3,(H,29,31,33)/b18-11+. The maximum atomic E-state index is 13.4. The summed E-state index contributed by atoms with van der Waals surface area (Å²) >= 11 is 12.2. The van der Waals surface area contributed by atoms with Gasteiger partial charge in [0.05, 0.1) is 24.9 Å². The zero-order valence-electron chi connectivity index (χ0n) is 19.2. The predicted octanol–water partition coefficient (Wildman–Crippen LogP) is 5.26. The summed E-state index contributed by atoms with van der Waals surface area (Å²) in [5.74, 6) is -0.903. The number of para-hydroxylation sites is 1. The zero-order valence-corrected chi connectivity index (χ0v) is 20.7. The monoisotopic (exact) mass is 526 g/mol. The van der Waals surface area contributed by atoms with Gasteiger partial charge in [-0.2, -0.15) is 0 Å². The van der Waals surface area contributed by atoms with Gasteiger partial charge in [-0.05, 0) is 29.8 Å². The zero-order chi connectivity index (χ0) is 25.8. The Balaban J connectivity index is 1.70. The van der Waals surface area contributed by atoms with E-state index in [4.69, 9.17) is 37.4 Å². The van der Waals surface area contributed by atoms with Crippen LogP contribution in [0.3, 0.4) is 0 Å². The second-order valence-corrected chi connectivity index (χ2v) is 8.42. The van der Waals surface area contributed by atoms with Crippen LogP contribution in [0.1, 0.15) is 11.1 Å². The summed E-state index contributed by atoms with van der Waals surface area (Å²) in [6, 6.07) is 16.0. The van der Waals surface area contributed by atoms with Crippen molar-refractivity contribution in [2.75, 3.05) is 19.1 Å². The van der Waals surface area contributed by atoms with Gasteiger partial charge < -0.3 is 14.2 Å². The van der Waals surface area contributed by atoms with Crippen molar-refractivity contribution in [3.8, 4) is 17.2 Å². The van der Waals surface area contributed by atoms with Gasteiger partial charge in [-0.25, -0.2) is 9.69 Å². The van der Waals surface area contributed by atoms with E-state index in [2.05, 4.69) is 5.32 Å². The third kappa shape index (κ3) is 5.15. The fourth-order valence-electron chi connectivity index (χ4n) is 3.57. The highest BCUT2D eigenvalue weighted by Gasteiger charge is 2.38. The third-order valence-electron chi connectivity index (χ3n) is 5.30. The molecule has 10 heteroatoms. The van der Waals surface area contributed by atoms with Crippen LogP contribution in [0.4, 0.5) is 10.5 Å². The molecule has 0 bridgehead atoms. The fraction of sp³-hybridized carbons (Fsp3) is 0.115. The van der Waals surface area contributed by atoms with E-state index in [1.807, 2.05) is 12.1 Å². The molecular weight excluding hydrogens is 507 g/mol. The summed E-state index contributed by atoms with van der Waals surface area (Å²) in [6.45, 7) is 0.216. The van der Waals surface area contributed by atoms with Gasteiger partial charge in [0.25, 0.3) is 11.8 Å². The molecule has 0 spiro atoms. The number of methoxy groups -OCH3 is 2. The van der Waals surface area contributed by atoms with E-state index in [0.717, 1.165) is 10.5 Å². The average Bonchev–Trinajstić information content (AvgIpc) is 2.86. The van der Waals surface area contributed by atoms with Crippen molar-refractivity contribution in [3.63, 3.8) is 0 Å². The Morgan fingerprint density at radius 2 is 1.64 bits per heavy atom. The number of anilines is 1. The summed E-state index contributed by atoms with van der Waals surface area (Å²) in [4.78, 5) is 39.6. The van der Waals surface area contributed by atoms with Gasteiger partial charge in [-0.3, -0.25) is 14.9 Å². The minimum Gasteiger partial charge on any atom is -0.495 e. The highest BCUT2D eigenvalue weighted by Crippen LogP contribution is 2.39. The molecule has 8 nitrogen and oxygen atoms in total. The van der Waals surface area contributed by atoms with Crippen molar-refractivity contribution in [1.29, 1.82) is 0 Å². The highest BCUT2D eigenvalue weighted by molar-refractivity contribution is 6.39.